The van der Waals surface area contributed by atoms with Crippen LogP contribution in [0.3, 0.4) is 0 Å². The van der Waals surface area contributed by atoms with E-state index in [9.17, 15) is 35.1 Å². The van der Waals surface area contributed by atoms with Crippen LogP contribution in [0.25, 0.3) is 6.08 Å². The monoisotopic (exact) mass is 556 g/mol. The number of carbonyl (C=O) groups excluding carboxylic acids is 2. The van der Waals surface area contributed by atoms with Crippen LogP contribution in [0.5, 0.6) is 5.75 Å². The minimum absolute atomic E-state index is 0.0567. The number of ether oxygens (including phenoxy) is 3. The third-order valence-electron chi connectivity index (χ3n) is 7.72. The molecular weight excluding hydrogens is 520 g/mol. The highest BCUT2D eigenvalue weighted by Gasteiger charge is 2.53. The van der Waals surface area contributed by atoms with Gasteiger partial charge in [0.1, 0.15) is 24.1 Å². The highest BCUT2D eigenvalue weighted by Crippen LogP contribution is 2.50. The van der Waals surface area contributed by atoms with Gasteiger partial charge in [0.15, 0.2) is 18.2 Å². The molecule has 1 aliphatic heterocycles. The quantitative estimate of drug-likeness (QED) is 0.240. The molecule has 0 saturated carbocycles. The molecule has 1 aliphatic carbocycles. The number of aliphatic hydroxyl groups is 4. The molecule has 2 aromatic rings. The van der Waals surface area contributed by atoms with Gasteiger partial charge in [-0.3, -0.25) is 4.79 Å². The van der Waals surface area contributed by atoms with E-state index >= 15 is 0 Å². The Bertz CT molecular complexity index is 1280. The van der Waals surface area contributed by atoms with Gasteiger partial charge >= 0.3 is 5.97 Å². The van der Waals surface area contributed by atoms with Crippen molar-refractivity contribution in [2.24, 2.45) is 5.41 Å². The fraction of sp³-hybridized carbons (Fsp3) is 0.467. The summed E-state index contributed by atoms with van der Waals surface area (Å²) < 4.78 is 17.3. The number of benzene rings is 2. The van der Waals surface area contributed by atoms with Crippen molar-refractivity contribution in [2.45, 2.75) is 70.9 Å². The molecule has 5 N–H and O–H groups in total. The maximum absolute atomic E-state index is 13.5. The smallest absolute Gasteiger partial charge is 0.331 e. The van der Waals surface area contributed by atoms with Crippen molar-refractivity contribution >= 4 is 17.8 Å². The molecule has 0 spiro atoms. The van der Waals surface area contributed by atoms with Crippen LogP contribution in [-0.4, -0.2) is 81.2 Å². The first kappa shape index (κ1) is 29.9. The molecule has 1 saturated heterocycles. The molecule has 0 aromatic heterocycles. The highest BCUT2D eigenvalue weighted by molar-refractivity contribution is 6.06. The van der Waals surface area contributed by atoms with E-state index in [-0.39, 0.29) is 18.1 Å². The standard InChI is InChI=1S/C30H36O10/c1-15-13-20-23(16(2)19(15)11-12-31)27(37)30(3,4)28(20)40-29-25(36)24(35)26(21(14-32)38-29)39-22(34)10-7-17-5-8-18(33)9-6-17/h5-10,13,21,24-26,28-29,31-33,35-36H,11-12,14H2,1-4H3/b10-7+/t21?,24-,25?,26-,28-,29+/m1/s1. The lowest BCUT2D eigenvalue weighted by Gasteiger charge is -2.43. The lowest BCUT2D eigenvalue weighted by molar-refractivity contribution is -0.318. The summed E-state index contributed by atoms with van der Waals surface area (Å²) in [5, 5.41) is 50.6. The van der Waals surface area contributed by atoms with Crippen LogP contribution in [-0.2, 0) is 25.4 Å². The van der Waals surface area contributed by atoms with Crippen LogP contribution >= 0.6 is 0 Å². The number of Topliss-reactive ketones (excluding diaryl/α,β-unsaturated/α-hetero) is 1. The number of phenols is 1. The van der Waals surface area contributed by atoms with E-state index in [1.165, 1.54) is 18.2 Å². The van der Waals surface area contributed by atoms with Crippen LogP contribution < -0.4 is 0 Å². The molecule has 10 heteroatoms. The predicted molar refractivity (Wildman–Crippen MR) is 143 cm³/mol. The Morgan fingerprint density at radius 2 is 1.77 bits per heavy atom. The summed E-state index contributed by atoms with van der Waals surface area (Å²) in [6, 6.07) is 7.92. The molecule has 216 valence electrons. The van der Waals surface area contributed by atoms with Crippen LogP contribution in [0.1, 0.15) is 58.1 Å². The van der Waals surface area contributed by atoms with Gasteiger partial charge in [-0.1, -0.05) is 18.2 Å². The molecule has 10 nitrogen and oxygen atoms in total. The summed E-state index contributed by atoms with van der Waals surface area (Å²) in [7, 11) is 0. The number of fused-ring (bicyclic) bond motifs is 1. The van der Waals surface area contributed by atoms with Crippen molar-refractivity contribution in [1.29, 1.82) is 0 Å². The normalized spacial score (nSPS) is 27.6. The van der Waals surface area contributed by atoms with Gasteiger partial charge in [-0.2, -0.15) is 0 Å². The summed E-state index contributed by atoms with van der Waals surface area (Å²) in [6.07, 6.45) is -5.24. The molecule has 2 aromatic carbocycles. The third kappa shape index (κ3) is 5.56. The first-order valence-corrected chi connectivity index (χ1v) is 13.1. The van der Waals surface area contributed by atoms with E-state index < -0.39 is 54.8 Å². The van der Waals surface area contributed by atoms with Crippen molar-refractivity contribution < 1.29 is 49.3 Å². The van der Waals surface area contributed by atoms with Crippen molar-refractivity contribution in [3.63, 3.8) is 0 Å². The number of aryl methyl sites for hydroxylation is 1. The van der Waals surface area contributed by atoms with E-state index in [4.69, 9.17) is 14.2 Å². The third-order valence-corrected chi connectivity index (χ3v) is 7.72. The molecule has 1 fully saturated rings. The maximum atomic E-state index is 13.5. The van der Waals surface area contributed by atoms with Gasteiger partial charge in [0, 0.05) is 18.2 Å². The second-order valence-corrected chi connectivity index (χ2v) is 10.8. The van der Waals surface area contributed by atoms with E-state index in [0.717, 1.165) is 22.8 Å². The highest BCUT2D eigenvalue weighted by atomic mass is 16.7. The second-order valence-electron chi connectivity index (χ2n) is 10.8. The first-order chi connectivity index (χ1) is 18.9. The summed E-state index contributed by atoms with van der Waals surface area (Å²) in [4.78, 5) is 25.9. The van der Waals surface area contributed by atoms with Crippen molar-refractivity contribution in [3.05, 3.63) is 69.8 Å². The van der Waals surface area contributed by atoms with Gasteiger partial charge in [-0.15, -0.1) is 0 Å². The number of rotatable bonds is 8. The lowest BCUT2D eigenvalue weighted by Crippen LogP contribution is -2.60. The Morgan fingerprint density at radius 1 is 1.10 bits per heavy atom. The fourth-order valence-corrected chi connectivity index (χ4v) is 5.50. The van der Waals surface area contributed by atoms with Crippen LogP contribution in [0.15, 0.2) is 36.4 Å². The number of ketones is 1. The number of phenolic OH excluding ortho intramolecular Hbond substituents is 1. The number of esters is 1. The summed E-state index contributed by atoms with van der Waals surface area (Å²) >= 11 is 0. The maximum Gasteiger partial charge on any atom is 0.331 e. The van der Waals surface area contributed by atoms with Crippen LogP contribution in [0.2, 0.25) is 0 Å². The van der Waals surface area contributed by atoms with Crippen molar-refractivity contribution in [2.75, 3.05) is 13.2 Å². The van der Waals surface area contributed by atoms with E-state index in [1.54, 1.807) is 26.0 Å². The molecule has 4 rings (SSSR count). The van der Waals surface area contributed by atoms with Gasteiger partial charge in [0.2, 0.25) is 0 Å². The number of hydrogen-bond donors (Lipinski definition) is 5. The summed E-state index contributed by atoms with van der Waals surface area (Å²) in [6.45, 7) is 6.47. The van der Waals surface area contributed by atoms with Gasteiger partial charge in [-0.05, 0) is 80.1 Å². The summed E-state index contributed by atoms with van der Waals surface area (Å²) in [5.74, 6) is -0.919. The Hall–Kier alpha value is -3.12. The van der Waals surface area contributed by atoms with E-state index in [1.807, 2.05) is 19.9 Å². The van der Waals surface area contributed by atoms with Crippen molar-refractivity contribution in [1.82, 2.24) is 0 Å². The van der Waals surface area contributed by atoms with E-state index in [0.29, 0.717) is 23.1 Å². The average Bonchev–Trinajstić information content (AvgIpc) is 3.10. The minimum Gasteiger partial charge on any atom is -0.508 e. The predicted octanol–water partition coefficient (Wildman–Crippen LogP) is 1.89. The Kier molecular flexibility index (Phi) is 8.79. The topological polar surface area (TPSA) is 163 Å². The number of aliphatic hydroxyl groups excluding tert-OH is 4. The first-order valence-electron chi connectivity index (χ1n) is 13.1. The Balaban J connectivity index is 1.53. The Morgan fingerprint density at radius 3 is 2.40 bits per heavy atom. The molecule has 40 heavy (non-hydrogen) atoms. The molecule has 0 bridgehead atoms. The molecule has 0 radical (unpaired) electrons. The zero-order valence-electron chi connectivity index (χ0n) is 22.9. The zero-order chi connectivity index (χ0) is 29.4. The number of hydrogen-bond acceptors (Lipinski definition) is 10. The molecule has 6 atom stereocenters. The van der Waals surface area contributed by atoms with Gasteiger partial charge < -0.3 is 39.7 Å². The molecular formula is C30H36O10. The molecule has 1 heterocycles. The van der Waals surface area contributed by atoms with Crippen LogP contribution in [0.4, 0.5) is 0 Å². The number of carbonyl (C=O) groups is 2. The zero-order valence-corrected chi connectivity index (χ0v) is 22.9. The molecule has 2 aliphatic rings. The van der Waals surface area contributed by atoms with Gasteiger partial charge in [0.25, 0.3) is 0 Å². The van der Waals surface area contributed by atoms with Gasteiger partial charge in [0.05, 0.1) is 18.1 Å². The number of aromatic hydroxyl groups is 1. The largest absolute Gasteiger partial charge is 0.508 e. The minimum atomic E-state index is -1.66. The Labute approximate surface area is 232 Å². The summed E-state index contributed by atoms with van der Waals surface area (Å²) in [5.41, 5.74) is 3.23. The van der Waals surface area contributed by atoms with Crippen LogP contribution in [0, 0.1) is 19.3 Å². The average molecular weight is 557 g/mol. The van der Waals surface area contributed by atoms with E-state index in [2.05, 4.69) is 0 Å². The molecule has 0 amide bonds. The lowest BCUT2D eigenvalue weighted by atomic mass is 9.86. The molecule has 2 unspecified atom stereocenters. The second kappa shape index (κ2) is 11.8. The van der Waals surface area contributed by atoms with Gasteiger partial charge in [-0.25, -0.2) is 4.79 Å². The SMILES string of the molecule is Cc1cc2c(c(C)c1CCO)C(=O)C(C)(C)[C@@H]2O[C@@H]1OC(CO)[C@@H](OC(=O)/C=C/c2ccc(O)cc2)[C@H](O)C1O. The fourth-order valence-electron chi connectivity index (χ4n) is 5.50. The van der Waals surface area contributed by atoms with Crippen molar-refractivity contribution in [3.8, 4) is 5.75 Å².